The Kier molecular flexibility index (Phi) is 6.46. The first kappa shape index (κ1) is 20.7. The summed E-state index contributed by atoms with van der Waals surface area (Å²) in [5.74, 6) is 1.58. The van der Waals surface area contributed by atoms with E-state index in [-0.39, 0.29) is 12.2 Å². The van der Waals surface area contributed by atoms with Crippen LogP contribution in [0.4, 0.5) is 0 Å². The fourth-order valence-electron chi connectivity index (χ4n) is 5.09. The van der Waals surface area contributed by atoms with Crippen molar-refractivity contribution in [3.05, 3.63) is 48.1 Å². The Morgan fingerprint density at radius 1 is 1.31 bits per heavy atom. The highest BCUT2D eigenvalue weighted by molar-refractivity contribution is 5.74. The van der Waals surface area contributed by atoms with E-state index in [1.54, 1.807) is 0 Å². The Labute approximate surface area is 176 Å². The predicted octanol–water partition coefficient (Wildman–Crippen LogP) is 5.38. The summed E-state index contributed by atoms with van der Waals surface area (Å²) in [6, 6.07) is 7.52. The van der Waals surface area contributed by atoms with Crippen LogP contribution in [0.5, 0.6) is 5.75 Å². The van der Waals surface area contributed by atoms with E-state index in [0.29, 0.717) is 5.92 Å². The lowest BCUT2D eigenvalue weighted by atomic mass is 9.81. The van der Waals surface area contributed by atoms with E-state index in [1.165, 1.54) is 61.9 Å². The molecule has 0 radical (unpaired) electrons. The number of allylic oxidation sites excluding steroid dienone is 3. The summed E-state index contributed by atoms with van der Waals surface area (Å²) in [6.07, 6.45) is 14.8. The summed E-state index contributed by atoms with van der Waals surface area (Å²) in [4.78, 5) is 2.70. The van der Waals surface area contributed by atoms with Gasteiger partial charge in [-0.1, -0.05) is 38.1 Å². The summed E-state index contributed by atoms with van der Waals surface area (Å²) < 4.78 is 6.64. The molecule has 1 aliphatic carbocycles. The van der Waals surface area contributed by atoms with Crippen molar-refractivity contribution in [1.82, 2.24) is 4.90 Å². The largest absolute Gasteiger partial charge is 0.487 e. The first-order chi connectivity index (χ1) is 14.1. The van der Waals surface area contributed by atoms with Gasteiger partial charge in [0.05, 0.1) is 0 Å². The van der Waals surface area contributed by atoms with Crippen molar-refractivity contribution in [3.8, 4) is 5.75 Å². The quantitative estimate of drug-likeness (QED) is 0.630. The van der Waals surface area contributed by atoms with Gasteiger partial charge in [0, 0.05) is 25.7 Å². The van der Waals surface area contributed by atoms with Gasteiger partial charge in [0.2, 0.25) is 0 Å². The van der Waals surface area contributed by atoms with Gasteiger partial charge < -0.3 is 14.7 Å². The topological polar surface area (TPSA) is 32.7 Å². The molecule has 2 aliphatic heterocycles. The Morgan fingerprint density at radius 2 is 2.10 bits per heavy atom. The highest BCUT2D eigenvalue weighted by atomic mass is 16.5. The van der Waals surface area contributed by atoms with Crippen molar-refractivity contribution >= 4 is 5.57 Å². The van der Waals surface area contributed by atoms with E-state index in [1.807, 2.05) is 6.08 Å². The van der Waals surface area contributed by atoms with E-state index in [4.69, 9.17) is 9.84 Å². The number of fused-ring (bicyclic) bond motifs is 1. The van der Waals surface area contributed by atoms with Crippen molar-refractivity contribution in [2.45, 2.75) is 76.4 Å². The van der Waals surface area contributed by atoms with Crippen LogP contribution in [0.15, 0.2) is 36.9 Å². The number of benzene rings is 1. The molecule has 1 saturated heterocycles. The number of ether oxygens (including phenoxy) is 1. The first-order valence-corrected chi connectivity index (χ1v) is 11.6. The smallest absolute Gasteiger partial charge is 0.123 e. The first-order valence-electron chi connectivity index (χ1n) is 11.6. The van der Waals surface area contributed by atoms with Crippen LogP contribution >= 0.6 is 0 Å². The molecule has 2 fully saturated rings. The van der Waals surface area contributed by atoms with Gasteiger partial charge in [0.1, 0.15) is 11.4 Å². The Hall–Kier alpha value is -1.58. The summed E-state index contributed by atoms with van der Waals surface area (Å²) in [6.45, 7) is 8.87. The SMILES string of the molecule is C=C/C(=C\CC(C)CCO)c1ccc2c(c1)CCC1(CCN(C3CCC3)CC1)O2. The number of rotatable bonds is 7. The Balaban J connectivity index is 1.41. The van der Waals surface area contributed by atoms with Gasteiger partial charge in [0.25, 0.3) is 0 Å². The normalized spacial score (nSPS) is 23.2. The standard InChI is InChI=1S/C26H37NO2/c1-3-21(8-7-20(2)12-18-28)22-9-10-25-23(19-22)11-13-26(29-25)14-16-27(17-15-26)24-5-4-6-24/h3,8-10,19-20,24,28H,1,4-7,11-18H2,2H3/b21-8+. The maximum absolute atomic E-state index is 9.11. The van der Waals surface area contributed by atoms with Crippen molar-refractivity contribution in [2.24, 2.45) is 5.92 Å². The summed E-state index contributed by atoms with van der Waals surface area (Å²) in [7, 11) is 0. The highest BCUT2D eigenvalue weighted by Gasteiger charge is 2.41. The molecule has 1 spiro atoms. The van der Waals surface area contributed by atoms with Gasteiger partial charge in [0.15, 0.2) is 0 Å². The molecule has 1 saturated carbocycles. The van der Waals surface area contributed by atoms with Gasteiger partial charge in [-0.05, 0) is 86.1 Å². The minimum absolute atomic E-state index is 0.0611. The molecule has 0 aromatic heterocycles. The zero-order valence-corrected chi connectivity index (χ0v) is 18.0. The van der Waals surface area contributed by atoms with Gasteiger partial charge >= 0.3 is 0 Å². The van der Waals surface area contributed by atoms with Crippen LogP contribution in [0.2, 0.25) is 0 Å². The molecule has 2 heterocycles. The van der Waals surface area contributed by atoms with Crippen molar-refractivity contribution in [3.63, 3.8) is 0 Å². The van der Waals surface area contributed by atoms with E-state index in [0.717, 1.165) is 37.5 Å². The van der Waals surface area contributed by atoms with Crippen molar-refractivity contribution in [1.29, 1.82) is 0 Å². The molecule has 1 N–H and O–H groups in total. The molecule has 4 rings (SSSR count). The minimum atomic E-state index is 0.0611. The second-order valence-corrected chi connectivity index (χ2v) is 9.45. The van der Waals surface area contributed by atoms with Gasteiger partial charge in [-0.3, -0.25) is 0 Å². The van der Waals surface area contributed by atoms with E-state index in [2.05, 4.69) is 42.7 Å². The predicted molar refractivity (Wildman–Crippen MR) is 120 cm³/mol. The summed E-state index contributed by atoms with van der Waals surface area (Å²) in [5, 5.41) is 9.11. The molecule has 0 bridgehead atoms. The third kappa shape index (κ3) is 4.62. The second kappa shape index (κ2) is 9.06. The third-order valence-corrected chi connectivity index (χ3v) is 7.45. The maximum atomic E-state index is 9.11. The lowest BCUT2D eigenvalue weighted by Crippen LogP contribution is -2.53. The van der Waals surface area contributed by atoms with Crippen LogP contribution in [0.25, 0.3) is 5.57 Å². The summed E-state index contributed by atoms with van der Waals surface area (Å²) >= 11 is 0. The number of hydrogen-bond donors (Lipinski definition) is 1. The van der Waals surface area contributed by atoms with Crippen molar-refractivity contribution < 1.29 is 9.84 Å². The summed E-state index contributed by atoms with van der Waals surface area (Å²) in [5.41, 5.74) is 3.82. The monoisotopic (exact) mass is 395 g/mol. The highest BCUT2D eigenvalue weighted by Crippen LogP contribution is 2.41. The van der Waals surface area contributed by atoms with Crippen LogP contribution in [0.1, 0.15) is 69.4 Å². The molecule has 1 aromatic carbocycles. The molecule has 1 unspecified atom stereocenters. The van der Waals surface area contributed by atoms with Crippen LogP contribution in [-0.2, 0) is 6.42 Å². The van der Waals surface area contributed by atoms with Crippen molar-refractivity contribution in [2.75, 3.05) is 19.7 Å². The number of aryl methyl sites for hydroxylation is 1. The lowest BCUT2D eigenvalue weighted by Gasteiger charge is -2.48. The van der Waals surface area contributed by atoms with E-state index >= 15 is 0 Å². The van der Waals surface area contributed by atoms with Crippen LogP contribution in [0, 0.1) is 5.92 Å². The molecule has 3 heteroatoms. The van der Waals surface area contributed by atoms with E-state index < -0.39 is 0 Å². The van der Waals surface area contributed by atoms with E-state index in [9.17, 15) is 0 Å². The zero-order valence-electron chi connectivity index (χ0n) is 18.0. The molecule has 3 aliphatic rings. The lowest BCUT2D eigenvalue weighted by molar-refractivity contribution is -0.0337. The van der Waals surface area contributed by atoms with Gasteiger partial charge in [-0.15, -0.1) is 0 Å². The molecule has 0 amide bonds. The fourth-order valence-corrected chi connectivity index (χ4v) is 5.09. The number of nitrogens with zero attached hydrogens (tertiary/aromatic N) is 1. The molecule has 1 aromatic rings. The number of aliphatic hydroxyl groups is 1. The average Bonchev–Trinajstić information content (AvgIpc) is 2.69. The van der Waals surface area contributed by atoms with Crippen LogP contribution in [0.3, 0.4) is 0 Å². The number of aliphatic hydroxyl groups excluding tert-OH is 1. The van der Waals surface area contributed by atoms with Gasteiger partial charge in [-0.2, -0.15) is 0 Å². The molecule has 3 nitrogen and oxygen atoms in total. The van der Waals surface area contributed by atoms with Gasteiger partial charge in [-0.25, -0.2) is 0 Å². The molecule has 1 atom stereocenters. The Bertz CT molecular complexity index is 741. The molecular formula is C26H37NO2. The number of likely N-dealkylation sites (tertiary alicyclic amines) is 1. The fraction of sp³-hybridized carbons (Fsp3) is 0.615. The molecule has 29 heavy (non-hydrogen) atoms. The maximum Gasteiger partial charge on any atom is 0.123 e. The number of piperidine rings is 1. The number of hydrogen-bond acceptors (Lipinski definition) is 3. The molecule has 158 valence electrons. The zero-order chi connectivity index (χ0) is 20.3. The minimum Gasteiger partial charge on any atom is -0.487 e. The second-order valence-electron chi connectivity index (χ2n) is 9.45. The third-order valence-electron chi connectivity index (χ3n) is 7.45. The van der Waals surface area contributed by atoms with Crippen LogP contribution in [-0.4, -0.2) is 41.3 Å². The van der Waals surface area contributed by atoms with Crippen LogP contribution < -0.4 is 4.74 Å². The average molecular weight is 396 g/mol. The Morgan fingerprint density at radius 3 is 2.76 bits per heavy atom. The molecular weight excluding hydrogens is 358 g/mol.